The third-order valence-electron chi connectivity index (χ3n) is 4.53. The lowest BCUT2D eigenvalue weighted by Gasteiger charge is -2.16. The van der Waals surface area contributed by atoms with Gasteiger partial charge in [-0.15, -0.1) is 0 Å². The van der Waals surface area contributed by atoms with Crippen LogP contribution in [-0.4, -0.2) is 49.8 Å². The van der Waals surface area contributed by atoms with Gasteiger partial charge in [0.1, 0.15) is 0 Å². The van der Waals surface area contributed by atoms with Crippen molar-refractivity contribution in [3.63, 3.8) is 0 Å². The number of hydrogen-bond acceptors (Lipinski definition) is 4. The van der Waals surface area contributed by atoms with Gasteiger partial charge in [0.05, 0.1) is 12.1 Å². The molecule has 0 bridgehead atoms. The second-order valence-electron chi connectivity index (χ2n) is 6.19. The molecular weight excluding hydrogens is 310 g/mol. The Morgan fingerprint density at radius 2 is 2.30 bits per heavy atom. The molecule has 23 heavy (non-hydrogen) atoms. The standard InChI is InChI=1S/C18H24ClN3O/c1-23-10-9-22-8-6-14(13-22)11-20-12-15-4-5-17(19)16-3-2-7-21-18(15)16/h2-5,7,14,20H,6,8-13H2,1H3. The average Bonchev–Trinajstić information content (AvgIpc) is 3.03. The fraction of sp³-hybridized carbons (Fsp3) is 0.500. The minimum atomic E-state index is 0.721. The molecule has 1 aliphatic heterocycles. The molecule has 1 aromatic heterocycles. The fourth-order valence-electron chi connectivity index (χ4n) is 3.25. The van der Waals surface area contributed by atoms with Crippen molar-refractivity contribution in [3.05, 3.63) is 41.0 Å². The van der Waals surface area contributed by atoms with E-state index in [0.29, 0.717) is 0 Å². The van der Waals surface area contributed by atoms with Crippen molar-refractivity contribution in [2.45, 2.75) is 13.0 Å². The van der Waals surface area contributed by atoms with Crippen molar-refractivity contribution in [2.75, 3.05) is 39.9 Å². The summed E-state index contributed by atoms with van der Waals surface area (Å²) in [5.41, 5.74) is 2.21. The second kappa shape index (κ2) is 8.06. The first-order valence-corrected chi connectivity index (χ1v) is 8.60. The summed E-state index contributed by atoms with van der Waals surface area (Å²) in [5, 5.41) is 5.38. The monoisotopic (exact) mass is 333 g/mol. The number of nitrogens with zero attached hydrogens (tertiary/aromatic N) is 2. The summed E-state index contributed by atoms with van der Waals surface area (Å²) in [6.07, 6.45) is 3.09. The number of methoxy groups -OCH3 is 1. The van der Waals surface area contributed by atoms with Crippen LogP contribution in [0.1, 0.15) is 12.0 Å². The Labute approximate surface area is 142 Å². The number of benzene rings is 1. The molecule has 1 atom stereocenters. The summed E-state index contributed by atoms with van der Waals surface area (Å²) in [4.78, 5) is 6.97. The number of aromatic nitrogens is 1. The zero-order chi connectivity index (χ0) is 16.1. The van der Waals surface area contributed by atoms with Crippen LogP contribution in [-0.2, 0) is 11.3 Å². The molecule has 1 unspecified atom stereocenters. The van der Waals surface area contributed by atoms with Gasteiger partial charge < -0.3 is 15.0 Å². The van der Waals surface area contributed by atoms with Crippen LogP contribution in [0.15, 0.2) is 30.5 Å². The van der Waals surface area contributed by atoms with Crippen molar-refractivity contribution >= 4 is 22.5 Å². The van der Waals surface area contributed by atoms with Crippen LogP contribution in [0.25, 0.3) is 10.9 Å². The zero-order valence-electron chi connectivity index (χ0n) is 13.6. The number of halogens is 1. The van der Waals surface area contributed by atoms with Crippen LogP contribution in [0.3, 0.4) is 0 Å². The van der Waals surface area contributed by atoms with E-state index in [2.05, 4.69) is 21.3 Å². The van der Waals surface area contributed by atoms with E-state index >= 15 is 0 Å². The van der Waals surface area contributed by atoms with Crippen molar-refractivity contribution < 1.29 is 4.74 Å². The second-order valence-corrected chi connectivity index (χ2v) is 6.59. The van der Waals surface area contributed by atoms with Gasteiger partial charge >= 0.3 is 0 Å². The largest absolute Gasteiger partial charge is 0.383 e. The molecule has 1 saturated heterocycles. The lowest BCUT2D eigenvalue weighted by Crippen LogP contribution is -2.28. The van der Waals surface area contributed by atoms with Gasteiger partial charge in [0.2, 0.25) is 0 Å². The first-order valence-electron chi connectivity index (χ1n) is 8.22. The molecule has 2 heterocycles. The minimum absolute atomic E-state index is 0.721. The van der Waals surface area contributed by atoms with Gasteiger partial charge in [-0.25, -0.2) is 0 Å². The quantitative estimate of drug-likeness (QED) is 0.845. The van der Waals surface area contributed by atoms with Crippen molar-refractivity contribution in [2.24, 2.45) is 5.92 Å². The normalized spacial score (nSPS) is 18.8. The van der Waals surface area contributed by atoms with E-state index in [1.54, 1.807) is 7.11 Å². The molecule has 4 nitrogen and oxygen atoms in total. The van der Waals surface area contributed by atoms with E-state index in [1.165, 1.54) is 18.5 Å². The molecule has 0 aliphatic carbocycles. The highest BCUT2D eigenvalue weighted by Gasteiger charge is 2.21. The lowest BCUT2D eigenvalue weighted by atomic mass is 10.1. The average molecular weight is 334 g/mol. The van der Waals surface area contributed by atoms with Crippen molar-refractivity contribution in [1.29, 1.82) is 0 Å². The van der Waals surface area contributed by atoms with E-state index < -0.39 is 0 Å². The number of fused-ring (bicyclic) bond motifs is 1. The lowest BCUT2D eigenvalue weighted by molar-refractivity contribution is 0.159. The van der Waals surface area contributed by atoms with E-state index in [9.17, 15) is 0 Å². The molecule has 5 heteroatoms. The van der Waals surface area contributed by atoms with Crippen LogP contribution >= 0.6 is 11.6 Å². The molecule has 1 aromatic carbocycles. The van der Waals surface area contributed by atoms with Crippen molar-refractivity contribution in [3.8, 4) is 0 Å². The van der Waals surface area contributed by atoms with Crippen LogP contribution in [0.4, 0.5) is 0 Å². The maximum Gasteiger partial charge on any atom is 0.0761 e. The molecule has 3 rings (SSSR count). The topological polar surface area (TPSA) is 37.4 Å². The molecule has 1 aliphatic rings. The summed E-state index contributed by atoms with van der Waals surface area (Å²) in [6.45, 7) is 6.08. The summed E-state index contributed by atoms with van der Waals surface area (Å²) >= 11 is 6.25. The SMILES string of the molecule is COCCN1CCC(CNCc2ccc(Cl)c3cccnc23)C1. The summed E-state index contributed by atoms with van der Waals surface area (Å²) in [7, 11) is 1.76. The van der Waals surface area contributed by atoms with Gasteiger partial charge in [0.25, 0.3) is 0 Å². The predicted molar refractivity (Wildman–Crippen MR) is 94.9 cm³/mol. The number of ether oxygens (including phenoxy) is 1. The Hall–Kier alpha value is -1.20. The highest BCUT2D eigenvalue weighted by molar-refractivity contribution is 6.35. The van der Waals surface area contributed by atoms with Gasteiger partial charge in [-0.3, -0.25) is 4.98 Å². The number of pyridine rings is 1. The first-order chi connectivity index (χ1) is 11.3. The highest BCUT2D eigenvalue weighted by atomic mass is 35.5. The van der Waals surface area contributed by atoms with Crippen LogP contribution < -0.4 is 5.32 Å². The summed E-state index contributed by atoms with van der Waals surface area (Å²) < 4.78 is 5.15. The molecular formula is C18H24ClN3O. The van der Waals surface area contributed by atoms with E-state index in [0.717, 1.165) is 54.6 Å². The van der Waals surface area contributed by atoms with Gasteiger partial charge in [-0.1, -0.05) is 17.7 Å². The Morgan fingerprint density at radius 3 is 3.17 bits per heavy atom. The fourth-order valence-corrected chi connectivity index (χ4v) is 3.47. The minimum Gasteiger partial charge on any atom is -0.383 e. The number of hydrogen-bond donors (Lipinski definition) is 1. The summed E-state index contributed by atoms with van der Waals surface area (Å²) in [6, 6.07) is 7.99. The molecule has 0 spiro atoms. The molecule has 0 amide bonds. The smallest absolute Gasteiger partial charge is 0.0761 e. The molecule has 1 fully saturated rings. The van der Waals surface area contributed by atoms with E-state index in [1.807, 2.05) is 24.4 Å². The predicted octanol–water partition coefficient (Wildman–Crippen LogP) is 2.95. The Balaban J connectivity index is 1.53. The number of likely N-dealkylation sites (tertiary alicyclic amines) is 1. The third-order valence-corrected chi connectivity index (χ3v) is 4.86. The number of rotatable bonds is 7. The van der Waals surface area contributed by atoms with E-state index in [-0.39, 0.29) is 0 Å². The molecule has 0 radical (unpaired) electrons. The third kappa shape index (κ3) is 4.21. The zero-order valence-corrected chi connectivity index (χ0v) is 14.4. The van der Waals surface area contributed by atoms with Gasteiger partial charge in [-0.05, 0) is 49.2 Å². The van der Waals surface area contributed by atoms with Gasteiger partial charge in [0, 0.05) is 43.3 Å². The van der Waals surface area contributed by atoms with E-state index in [4.69, 9.17) is 16.3 Å². The highest BCUT2D eigenvalue weighted by Crippen LogP contribution is 2.24. The summed E-state index contributed by atoms with van der Waals surface area (Å²) in [5.74, 6) is 0.721. The van der Waals surface area contributed by atoms with Crippen LogP contribution in [0.2, 0.25) is 5.02 Å². The number of nitrogens with one attached hydrogen (secondary N) is 1. The first kappa shape index (κ1) is 16.7. The Kier molecular flexibility index (Phi) is 5.84. The van der Waals surface area contributed by atoms with Gasteiger partial charge in [0.15, 0.2) is 0 Å². The molecule has 124 valence electrons. The molecule has 1 N–H and O–H groups in total. The van der Waals surface area contributed by atoms with Crippen molar-refractivity contribution in [1.82, 2.24) is 15.2 Å². The molecule has 2 aromatic rings. The van der Waals surface area contributed by atoms with Crippen LogP contribution in [0.5, 0.6) is 0 Å². The Morgan fingerprint density at radius 1 is 1.39 bits per heavy atom. The molecule has 0 saturated carbocycles. The maximum atomic E-state index is 6.25. The van der Waals surface area contributed by atoms with Gasteiger partial charge in [-0.2, -0.15) is 0 Å². The Bertz CT molecular complexity index is 649. The maximum absolute atomic E-state index is 6.25. The van der Waals surface area contributed by atoms with Crippen LogP contribution in [0, 0.1) is 5.92 Å².